The highest BCUT2D eigenvalue weighted by molar-refractivity contribution is 4.96. The van der Waals surface area contributed by atoms with E-state index in [1.165, 1.54) is 38.5 Å². The van der Waals surface area contributed by atoms with Gasteiger partial charge in [0.05, 0.1) is 0 Å². The summed E-state index contributed by atoms with van der Waals surface area (Å²) in [7, 11) is 0. The fourth-order valence-electron chi connectivity index (χ4n) is 4.58. The van der Waals surface area contributed by atoms with E-state index in [1.54, 1.807) is 0 Å². The van der Waals surface area contributed by atoms with E-state index in [1.807, 2.05) is 0 Å². The van der Waals surface area contributed by atoms with Crippen molar-refractivity contribution < 1.29 is 0 Å². The molecular formula is C17H32. The molecule has 3 saturated carbocycles. The maximum absolute atomic E-state index is 2.59. The zero-order valence-corrected chi connectivity index (χ0v) is 12.6. The van der Waals surface area contributed by atoms with Gasteiger partial charge in [-0.1, -0.05) is 60.3 Å². The van der Waals surface area contributed by atoms with Crippen molar-refractivity contribution in [2.24, 2.45) is 35.0 Å². The van der Waals surface area contributed by atoms with E-state index in [9.17, 15) is 0 Å². The SMILES string of the molecule is CCC1(C)C2CC(CCCC(C)C(C)C1C)C2. The number of hydrogen-bond donors (Lipinski definition) is 0. The monoisotopic (exact) mass is 236 g/mol. The lowest BCUT2D eigenvalue weighted by Gasteiger charge is -2.53. The van der Waals surface area contributed by atoms with E-state index in [2.05, 4.69) is 34.6 Å². The van der Waals surface area contributed by atoms with Crippen LogP contribution in [-0.4, -0.2) is 0 Å². The number of rotatable bonds is 1. The van der Waals surface area contributed by atoms with Crippen molar-refractivity contribution in [1.29, 1.82) is 0 Å². The molecule has 0 radical (unpaired) electrons. The summed E-state index contributed by atoms with van der Waals surface area (Å²) in [6.45, 7) is 12.6. The standard InChI is InChI=1S/C17H32/c1-6-17(5)14(4)13(3)12(2)8-7-9-15-10-16(17)11-15/h12-16H,6-11H2,1-5H3. The molecule has 0 aromatic carbocycles. The third-order valence-corrected chi connectivity index (χ3v) is 6.93. The van der Waals surface area contributed by atoms with Gasteiger partial charge in [0.15, 0.2) is 0 Å². The van der Waals surface area contributed by atoms with E-state index < -0.39 is 0 Å². The molecule has 0 saturated heterocycles. The van der Waals surface area contributed by atoms with Gasteiger partial charge in [-0.15, -0.1) is 0 Å². The van der Waals surface area contributed by atoms with Crippen molar-refractivity contribution >= 4 is 0 Å². The third kappa shape index (κ3) is 2.29. The molecule has 3 aliphatic rings. The van der Waals surface area contributed by atoms with Gasteiger partial charge in [-0.2, -0.15) is 0 Å². The fourth-order valence-corrected chi connectivity index (χ4v) is 4.58. The lowest BCUT2D eigenvalue weighted by Crippen LogP contribution is -2.45. The van der Waals surface area contributed by atoms with Crippen LogP contribution in [0.5, 0.6) is 0 Å². The fraction of sp³-hybridized carbons (Fsp3) is 1.00. The molecule has 100 valence electrons. The maximum atomic E-state index is 2.59. The summed E-state index contributed by atoms with van der Waals surface area (Å²) < 4.78 is 0. The molecule has 4 atom stereocenters. The molecule has 0 aromatic rings. The van der Waals surface area contributed by atoms with E-state index in [-0.39, 0.29) is 0 Å². The Labute approximate surface area is 109 Å². The van der Waals surface area contributed by atoms with E-state index in [0.29, 0.717) is 5.41 Å². The molecule has 0 spiro atoms. The van der Waals surface area contributed by atoms with Gasteiger partial charge in [0, 0.05) is 0 Å². The first kappa shape index (κ1) is 13.4. The topological polar surface area (TPSA) is 0 Å². The smallest absolute Gasteiger partial charge is 0.0272 e. The highest BCUT2D eigenvalue weighted by Gasteiger charge is 2.46. The van der Waals surface area contributed by atoms with Gasteiger partial charge >= 0.3 is 0 Å². The van der Waals surface area contributed by atoms with Crippen LogP contribution in [0, 0.1) is 35.0 Å². The maximum Gasteiger partial charge on any atom is -0.0272 e. The lowest BCUT2D eigenvalue weighted by atomic mass is 9.52. The summed E-state index contributed by atoms with van der Waals surface area (Å²) in [5, 5.41) is 0. The van der Waals surface area contributed by atoms with Gasteiger partial charge < -0.3 is 0 Å². The van der Waals surface area contributed by atoms with Crippen LogP contribution >= 0.6 is 0 Å². The molecule has 0 nitrogen and oxygen atoms in total. The summed E-state index contributed by atoms with van der Waals surface area (Å²) in [5.41, 5.74) is 0.613. The van der Waals surface area contributed by atoms with Crippen LogP contribution in [0.1, 0.15) is 73.1 Å². The summed E-state index contributed by atoms with van der Waals surface area (Å²) >= 11 is 0. The molecule has 0 aromatic heterocycles. The minimum atomic E-state index is 0.613. The Morgan fingerprint density at radius 3 is 2.29 bits per heavy atom. The van der Waals surface area contributed by atoms with Gasteiger partial charge in [-0.05, 0) is 47.8 Å². The van der Waals surface area contributed by atoms with E-state index in [4.69, 9.17) is 0 Å². The van der Waals surface area contributed by atoms with Crippen LogP contribution < -0.4 is 0 Å². The van der Waals surface area contributed by atoms with Crippen molar-refractivity contribution in [3.8, 4) is 0 Å². The van der Waals surface area contributed by atoms with Crippen LogP contribution in [0.15, 0.2) is 0 Å². The second kappa shape index (κ2) is 4.94. The summed E-state index contributed by atoms with van der Waals surface area (Å²) in [6, 6.07) is 0. The van der Waals surface area contributed by atoms with Gasteiger partial charge in [0.1, 0.15) is 0 Å². The van der Waals surface area contributed by atoms with Crippen LogP contribution in [0.25, 0.3) is 0 Å². The molecule has 17 heavy (non-hydrogen) atoms. The Balaban J connectivity index is 2.17. The normalized spacial score (nSPS) is 51.7. The Hall–Kier alpha value is 0. The average molecular weight is 236 g/mol. The second-order valence-corrected chi connectivity index (χ2v) is 7.45. The van der Waals surface area contributed by atoms with Crippen molar-refractivity contribution in [3.63, 3.8) is 0 Å². The quantitative estimate of drug-likeness (QED) is 0.562. The Bertz CT molecular complexity index is 251. The van der Waals surface area contributed by atoms with Gasteiger partial charge in [-0.25, -0.2) is 0 Å². The largest absolute Gasteiger partial charge is 0.0648 e. The summed E-state index contributed by atoms with van der Waals surface area (Å²) in [5.74, 6) is 4.83. The van der Waals surface area contributed by atoms with E-state index in [0.717, 1.165) is 29.6 Å². The number of fused-ring (bicyclic) bond motifs is 6. The summed E-state index contributed by atoms with van der Waals surface area (Å²) in [6.07, 6.45) is 8.92. The molecule has 3 aliphatic carbocycles. The molecule has 3 rings (SSSR count). The molecule has 0 heterocycles. The van der Waals surface area contributed by atoms with Crippen molar-refractivity contribution in [1.82, 2.24) is 0 Å². The molecular weight excluding hydrogens is 204 g/mol. The third-order valence-electron chi connectivity index (χ3n) is 6.93. The lowest BCUT2D eigenvalue weighted by molar-refractivity contribution is -0.0363. The molecule has 2 bridgehead atoms. The van der Waals surface area contributed by atoms with E-state index >= 15 is 0 Å². The van der Waals surface area contributed by atoms with Crippen LogP contribution in [-0.2, 0) is 0 Å². The van der Waals surface area contributed by atoms with Gasteiger partial charge in [-0.3, -0.25) is 0 Å². The zero-order valence-electron chi connectivity index (χ0n) is 12.6. The summed E-state index contributed by atoms with van der Waals surface area (Å²) in [4.78, 5) is 0. The molecule has 0 amide bonds. The predicted molar refractivity (Wildman–Crippen MR) is 76.0 cm³/mol. The van der Waals surface area contributed by atoms with Crippen molar-refractivity contribution in [3.05, 3.63) is 0 Å². The van der Waals surface area contributed by atoms with Crippen molar-refractivity contribution in [2.45, 2.75) is 73.1 Å². The average Bonchev–Trinajstić information content (AvgIpc) is 2.27. The Morgan fingerprint density at radius 1 is 1.06 bits per heavy atom. The van der Waals surface area contributed by atoms with Crippen molar-refractivity contribution in [2.75, 3.05) is 0 Å². The van der Waals surface area contributed by atoms with Crippen LogP contribution in [0.2, 0.25) is 0 Å². The highest BCUT2D eigenvalue weighted by Crippen LogP contribution is 2.55. The highest BCUT2D eigenvalue weighted by atomic mass is 14.5. The molecule has 0 heteroatoms. The minimum Gasteiger partial charge on any atom is -0.0648 e. The zero-order chi connectivity index (χ0) is 12.6. The predicted octanol–water partition coefficient (Wildman–Crippen LogP) is 5.52. The Morgan fingerprint density at radius 2 is 1.71 bits per heavy atom. The first-order chi connectivity index (χ1) is 7.99. The van der Waals surface area contributed by atoms with Crippen LogP contribution in [0.3, 0.4) is 0 Å². The molecule has 4 unspecified atom stereocenters. The second-order valence-electron chi connectivity index (χ2n) is 7.45. The molecule has 0 N–H and O–H groups in total. The first-order valence-corrected chi connectivity index (χ1v) is 7.99. The van der Waals surface area contributed by atoms with Crippen LogP contribution in [0.4, 0.5) is 0 Å². The molecule has 3 fully saturated rings. The molecule has 0 aliphatic heterocycles. The van der Waals surface area contributed by atoms with Gasteiger partial charge in [0.2, 0.25) is 0 Å². The minimum absolute atomic E-state index is 0.613. The Kier molecular flexibility index (Phi) is 3.90. The first-order valence-electron chi connectivity index (χ1n) is 7.99. The number of hydrogen-bond acceptors (Lipinski definition) is 0. The van der Waals surface area contributed by atoms with Gasteiger partial charge in [0.25, 0.3) is 0 Å².